The summed E-state index contributed by atoms with van der Waals surface area (Å²) in [7, 11) is 0. The second-order valence-corrected chi connectivity index (χ2v) is 7.75. The number of anilines is 2. The molecule has 3 rings (SSSR count). The lowest BCUT2D eigenvalue weighted by molar-refractivity contribution is 0.257. The van der Waals surface area contributed by atoms with E-state index in [9.17, 15) is 4.79 Å². The lowest BCUT2D eigenvalue weighted by Gasteiger charge is -2.18. The quantitative estimate of drug-likeness (QED) is 0.532. The lowest BCUT2D eigenvalue weighted by atomic mass is 10.1. The summed E-state index contributed by atoms with van der Waals surface area (Å²) in [5, 5.41) is 5.63. The highest BCUT2D eigenvalue weighted by Crippen LogP contribution is 2.28. The van der Waals surface area contributed by atoms with E-state index in [0.717, 1.165) is 27.0 Å². The van der Waals surface area contributed by atoms with Crippen molar-refractivity contribution in [1.82, 2.24) is 4.98 Å². The fraction of sp³-hybridized carbons (Fsp3) is 0.200. The zero-order chi connectivity index (χ0) is 18.7. The molecule has 0 unspecified atom stereocenters. The summed E-state index contributed by atoms with van der Waals surface area (Å²) in [5.41, 5.74) is 5.05. The third-order valence-corrected chi connectivity index (χ3v) is 5.57. The number of carbonyl (C=O) groups excluding carboxylic acids is 1. The highest BCUT2D eigenvalue weighted by Gasteiger charge is 2.18. The summed E-state index contributed by atoms with van der Waals surface area (Å²) >= 11 is 4.91. The molecule has 6 heteroatoms. The molecule has 0 radical (unpaired) electrons. The number of aryl methyl sites for hydroxylation is 2. The number of carbonyl (C=O) groups is 1. The van der Waals surface area contributed by atoms with Crippen molar-refractivity contribution in [3.05, 3.63) is 63.4 Å². The Bertz CT molecular complexity index is 921. The van der Waals surface area contributed by atoms with E-state index in [2.05, 4.69) is 33.2 Å². The number of hydrogen-bond acceptors (Lipinski definition) is 3. The number of halogens is 1. The molecule has 0 aliphatic carbocycles. The minimum atomic E-state index is -0.174. The highest BCUT2D eigenvalue weighted by atomic mass is 79.9. The molecule has 4 nitrogen and oxygen atoms in total. The van der Waals surface area contributed by atoms with Gasteiger partial charge in [-0.25, -0.2) is 9.78 Å². The van der Waals surface area contributed by atoms with Crippen molar-refractivity contribution in [2.75, 3.05) is 16.8 Å². The second kappa shape index (κ2) is 8.01. The Balaban J connectivity index is 1.78. The number of nitrogens with one attached hydrogen (secondary N) is 1. The van der Waals surface area contributed by atoms with Gasteiger partial charge in [-0.05, 0) is 56.2 Å². The van der Waals surface area contributed by atoms with E-state index in [1.807, 2.05) is 61.7 Å². The summed E-state index contributed by atoms with van der Waals surface area (Å²) in [6.45, 7) is 6.58. The van der Waals surface area contributed by atoms with Gasteiger partial charge in [-0.3, -0.25) is 4.90 Å². The van der Waals surface area contributed by atoms with Crippen molar-refractivity contribution in [1.29, 1.82) is 0 Å². The average Bonchev–Trinajstić information content (AvgIpc) is 3.09. The number of amides is 2. The van der Waals surface area contributed by atoms with E-state index < -0.39 is 0 Å². The third-order valence-electron chi connectivity index (χ3n) is 4.18. The van der Waals surface area contributed by atoms with E-state index in [1.165, 1.54) is 16.9 Å². The molecule has 3 aromatic rings. The first-order valence-electron chi connectivity index (χ1n) is 8.35. The minimum Gasteiger partial charge on any atom is -0.307 e. The molecule has 0 aliphatic heterocycles. The van der Waals surface area contributed by atoms with Crippen LogP contribution in [0.1, 0.15) is 18.1 Å². The molecule has 134 valence electrons. The molecule has 0 saturated carbocycles. The Kier molecular flexibility index (Phi) is 5.74. The molecule has 1 N–H and O–H groups in total. The van der Waals surface area contributed by atoms with Crippen LogP contribution in [0.15, 0.2) is 52.3 Å². The van der Waals surface area contributed by atoms with E-state index in [0.29, 0.717) is 11.7 Å². The Morgan fingerprint density at radius 3 is 2.54 bits per heavy atom. The zero-order valence-corrected chi connectivity index (χ0v) is 17.3. The number of urea groups is 1. The van der Waals surface area contributed by atoms with Crippen molar-refractivity contribution in [2.45, 2.75) is 20.8 Å². The molecule has 0 fully saturated rings. The first kappa shape index (κ1) is 18.6. The van der Waals surface area contributed by atoms with Crippen LogP contribution in [-0.2, 0) is 0 Å². The normalized spacial score (nSPS) is 10.6. The molecular weight excluding hydrogens is 410 g/mol. The van der Waals surface area contributed by atoms with Gasteiger partial charge < -0.3 is 5.32 Å². The van der Waals surface area contributed by atoms with Gasteiger partial charge in [0, 0.05) is 27.6 Å². The van der Waals surface area contributed by atoms with Gasteiger partial charge in [-0.1, -0.05) is 34.1 Å². The van der Waals surface area contributed by atoms with Crippen LogP contribution in [0.25, 0.3) is 11.3 Å². The van der Waals surface area contributed by atoms with E-state index in [4.69, 9.17) is 0 Å². The lowest BCUT2D eigenvalue weighted by Crippen LogP contribution is -2.34. The molecule has 2 aromatic carbocycles. The highest BCUT2D eigenvalue weighted by molar-refractivity contribution is 9.10. The average molecular weight is 430 g/mol. The predicted molar refractivity (Wildman–Crippen MR) is 113 cm³/mol. The van der Waals surface area contributed by atoms with Crippen LogP contribution in [0, 0.1) is 13.8 Å². The maximum atomic E-state index is 12.7. The van der Waals surface area contributed by atoms with Gasteiger partial charge in [-0.15, -0.1) is 11.3 Å². The molecular formula is C20H20BrN3OS. The fourth-order valence-corrected chi connectivity index (χ4v) is 3.68. The first-order chi connectivity index (χ1) is 12.5. The fourth-order valence-electron chi connectivity index (χ4n) is 2.52. The van der Waals surface area contributed by atoms with Crippen LogP contribution in [-0.4, -0.2) is 17.6 Å². The van der Waals surface area contributed by atoms with Crippen LogP contribution in [0.5, 0.6) is 0 Å². The molecule has 0 atom stereocenters. The summed E-state index contributed by atoms with van der Waals surface area (Å²) < 4.78 is 1.03. The number of aromatic nitrogens is 1. The smallest absolute Gasteiger partial charge is 0.307 e. The van der Waals surface area contributed by atoms with Crippen LogP contribution in [0.3, 0.4) is 0 Å². The molecule has 1 aromatic heterocycles. The molecule has 1 heterocycles. The van der Waals surface area contributed by atoms with Crippen LogP contribution < -0.4 is 10.2 Å². The van der Waals surface area contributed by atoms with E-state index in [1.54, 1.807) is 4.90 Å². The maximum Gasteiger partial charge on any atom is 0.328 e. The SMILES string of the molecule is CCN(C(=O)Nc1ccc(C)c(C)c1)c1nc(-c2ccc(Br)cc2)cs1. The summed E-state index contributed by atoms with van der Waals surface area (Å²) in [4.78, 5) is 19.0. The summed E-state index contributed by atoms with van der Waals surface area (Å²) in [6, 6.07) is 13.7. The minimum absolute atomic E-state index is 0.174. The molecule has 0 aliphatic rings. The predicted octanol–water partition coefficient (Wildman–Crippen LogP) is 6.25. The van der Waals surface area contributed by atoms with Crippen molar-refractivity contribution >= 4 is 44.1 Å². The summed E-state index contributed by atoms with van der Waals surface area (Å²) in [6.07, 6.45) is 0. The molecule has 0 saturated heterocycles. The zero-order valence-electron chi connectivity index (χ0n) is 14.9. The number of rotatable bonds is 4. The van der Waals surface area contributed by atoms with E-state index in [-0.39, 0.29) is 6.03 Å². The number of thiazole rings is 1. The topological polar surface area (TPSA) is 45.2 Å². The van der Waals surface area contributed by atoms with Crippen molar-refractivity contribution in [3.63, 3.8) is 0 Å². The molecule has 26 heavy (non-hydrogen) atoms. The van der Waals surface area contributed by atoms with Crippen molar-refractivity contribution < 1.29 is 4.79 Å². The second-order valence-electron chi connectivity index (χ2n) is 6.00. The standard InChI is InChI=1S/C20H20BrN3OS/c1-4-24(19(25)22-17-10-5-13(2)14(3)11-17)20-23-18(12-26-20)15-6-8-16(21)9-7-15/h5-12H,4H2,1-3H3,(H,22,25). The maximum absolute atomic E-state index is 12.7. The number of nitrogens with zero attached hydrogens (tertiary/aromatic N) is 2. The van der Waals surface area contributed by atoms with Crippen molar-refractivity contribution in [2.24, 2.45) is 0 Å². The third kappa shape index (κ3) is 4.14. The molecule has 2 amide bonds. The van der Waals surface area contributed by atoms with Crippen LogP contribution in [0.4, 0.5) is 15.6 Å². The van der Waals surface area contributed by atoms with Gasteiger partial charge in [0.05, 0.1) is 5.69 Å². The number of hydrogen-bond donors (Lipinski definition) is 1. The first-order valence-corrected chi connectivity index (χ1v) is 10.0. The summed E-state index contributed by atoms with van der Waals surface area (Å²) in [5.74, 6) is 0. The van der Waals surface area contributed by atoms with E-state index >= 15 is 0 Å². The largest absolute Gasteiger partial charge is 0.328 e. The van der Waals surface area contributed by atoms with Gasteiger partial charge in [0.15, 0.2) is 5.13 Å². The van der Waals surface area contributed by atoms with Gasteiger partial charge in [0.1, 0.15) is 0 Å². The van der Waals surface area contributed by atoms with Crippen LogP contribution in [0.2, 0.25) is 0 Å². The monoisotopic (exact) mass is 429 g/mol. The Morgan fingerprint density at radius 1 is 1.15 bits per heavy atom. The van der Waals surface area contributed by atoms with Crippen molar-refractivity contribution in [3.8, 4) is 11.3 Å². The van der Waals surface area contributed by atoms with Gasteiger partial charge in [-0.2, -0.15) is 0 Å². The molecule has 0 spiro atoms. The van der Waals surface area contributed by atoms with Gasteiger partial charge >= 0.3 is 6.03 Å². The molecule has 0 bridgehead atoms. The van der Waals surface area contributed by atoms with Crippen LogP contribution >= 0.6 is 27.3 Å². The number of benzene rings is 2. The van der Waals surface area contributed by atoms with Gasteiger partial charge in [0.25, 0.3) is 0 Å². The van der Waals surface area contributed by atoms with Gasteiger partial charge in [0.2, 0.25) is 0 Å². The Labute approximate surface area is 166 Å². The Morgan fingerprint density at radius 2 is 1.88 bits per heavy atom. The Hall–Kier alpha value is -2.18.